The van der Waals surface area contributed by atoms with Crippen LogP contribution in [-0.4, -0.2) is 44.2 Å². The molecule has 1 atom stereocenters. The van der Waals surface area contributed by atoms with Gasteiger partial charge in [-0.1, -0.05) is 17.7 Å². The number of halogens is 1. The highest BCUT2D eigenvalue weighted by Gasteiger charge is 2.14. The van der Waals surface area contributed by atoms with Crippen molar-refractivity contribution in [1.29, 1.82) is 0 Å². The molecule has 0 aromatic heterocycles. The van der Waals surface area contributed by atoms with Gasteiger partial charge in [0.05, 0.1) is 0 Å². The number of rotatable bonds is 3. The second-order valence-electron chi connectivity index (χ2n) is 5.60. The first-order chi connectivity index (χ1) is 9.06. The zero-order chi connectivity index (χ0) is 13.8. The lowest BCUT2D eigenvalue weighted by atomic mass is 10.1. The number of nitrogens with two attached hydrogens (primary N) is 1. The summed E-state index contributed by atoms with van der Waals surface area (Å²) >= 11 is 6.37. The van der Waals surface area contributed by atoms with E-state index >= 15 is 0 Å². The Labute approximate surface area is 121 Å². The van der Waals surface area contributed by atoms with Crippen molar-refractivity contribution in [2.24, 2.45) is 5.73 Å². The average Bonchev–Trinajstić information content (AvgIpc) is 2.56. The first kappa shape index (κ1) is 14.6. The summed E-state index contributed by atoms with van der Waals surface area (Å²) in [6, 6.07) is 6.53. The molecule has 106 valence electrons. The zero-order valence-corrected chi connectivity index (χ0v) is 12.7. The number of hydrogen-bond acceptors (Lipinski definition) is 3. The molecule has 19 heavy (non-hydrogen) atoms. The van der Waals surface area contributed by atoms with E-state index in [1.165, 1.54) is 18.7 Å². The van der Waals surface area contributed by atoms with Crippen LogP contribution in [0.2, 0.25) is 5.02 Å². The Morgan fingerprint density at radius 3 is 2.74 bits per heavy atom. The van der Waals surface area contributed by atoms with Crippen LogP contribution < -0.4 is 10.6 Å². The highest BCUT2D eigenvalue weighted by atomic mass is 35.5. The van der Waals surface area contributed by atoms with E-state index in [9.17, 15) is 0 Å². The van der Waals surface area contributed by atoms with Crippen molar-refractivity contribution in [3.8, 4) is 0 Å². The standard InChI is InChI=1S/C15H24ClN3/c1-12(17)10-13-4-5-14(11-15(13)16)19-7-3-6-18(2)8-9-19/h4-5,11-12H,3,6-10,17H2,1-2H3. The topological polar surface area (TPSA) is 32.5 Å². The van der Waals surface area contributed by atoms with E-state index in [-0.39, 0.29) is 6.04 Å². The van der Waals surface area contributed by atoms with Gasteiger partial charge in [-0.2, -0.15) is 0 Å². The molecular formula is C15H24ClN3. The molecule has 4 heteroatoms. The minimum absolute atomic E-state index is 0.148. The fourth-order valence-electron chi connectivity index (χ4n) is 2.55. The van der Waals surface area contributed by atoms with Gasteiger partial charge in [0.2, 0.25) is 0 Å². The molecule has 1 unspecified atom stereocenters. The Bertz CT molecular complexity index is 420. The fraction of sp³-hybridized carbons (Fsp3) is 0.600. The third-order valence-corrected chi connectivity index (χ3v) is 4.02. The van der Waals surface area contributed by atoms with Crippen LogP contribution in [0.4, 0.5) is 5.69 Å². The number of nitrogens with zero attached hydrogens (tertiary/aromatic N) is 2. The Morgan fingerprint density at radius 1 is 1.26 bits per heavy atom. The minimum atomic E-state index is 0.148. The highest BCUT2D eigenvalue weighted by molar-refractivity contribution is 6.31. The molecule has 1 aromatic carbocycles. The Balaban J connectivity index is 2.10. The van der Waals surface area contributed by atoms with E-state index in [4.69, 9.17) is 17.3 Å². The van der Waals surface area contributed by atoms with Crippen LogP contribution >= 0.6 is 11.6 Å². The molecule has 0 spiro atoms. The molecule has 1 aliphatic heterocycles. The van der Waals surface area contributed by atoms with Crippen LogP contribution in [0.15, 0.2) is 18.2 Å². The largest absolute Gasteiger partial charge is 0.370 e. The lowest BCUT2D eigenvalue weighted by Gasteiger charge is -2.23. The van der Waals surface area contributed by atoms with Crippen LogP contribution in [0.1, 0.15) is 18.9 Å². The van der Waals surface area contributed by atoms with Crippen LogP contribution in [0.3, 0.4) is 0 Å². The van der Waals surface area contributed by atoms with Crippen molar-refractivity contribution in [2.75, 3.05) is 38.1 Å². The SMILES string of the molecule is CC(N)Cc1ccc(N2CCCN(C)CC2)cc1Cl. The predicted molar refractivity (Wildman–Crippen MR) is 83.1 cm³/mol. The predicted octanol–water partition coefficient (Wildman–Crippen LogP) is 2.37. The van der Waals surface area contributed by atoms with Gasteiger partial charge in [-0.15, -0.1) is 0 Å². The van der Waals surface area contributed by atoms with Crippen molar-refractivity contribution in [3.05, 3.63) is 28.8 Å². The molecule has 2 rings (SSSR count). The van der Waals surface area contributed by atoms with E-state index < -0.39 is 0 Å². The summed E-state index contributed by atoms with van der Waals surface area (Å²) in [6.45, 7) is 6.47. The van der Waals surface area contributed by atoms with Crippen LogP contribution in [0, 0.1) is 0 Å². The number of hydrogen-bond donors (Lipinski definition) is 1. The van der Waals surface area contributed by atoms with Gasteiger partial charge in [-0.25, -0.2) is 0 Å². The van der Waals surface area contributed by atoms with E-state index in [0.29, 0.717) is 0 Å². The van der Waals surface area contributed by atoms with Crippen molar-refractivity contribution in [2.45, 2.75) is 25.8 Å². The Morgan fingerprint density at radius 2 is 2.05 bits per heavy atom. The molecule has 1 fully saturated rings. The van der Waals surface area contributed by atoms with Crippen LogP contribution in [0.5, 0.6) is 0 Å². The van der Waals surface area contributed by atoms with E-state index in [0.717, 1.165) is 36.6 Å². The maximum Gasteiger partial charge on any atom is 0.0459 e. The quantitative estimate of drug-likeness (QED) is 0.923. The van der Waals surface area contributed by atoms with Gasteiger partial charge in [0, 0.05) is 36.4 Å². The number of benzene rings is 1. The molecule has 3 nitrogen and oxygen atoms in total. The summed E-state index contributed by atoms with van der Waals surface area (Å²) < 4.78 is 0. The molecule has 0 bridgehead atoms. The summed E-state index contributed by atoms with van der Waals surface area (Å²) in [7, 11) is 2.18. The molecule has 0 aliphatic carbocycles. The smallest absolute Gasteiger partial charge is 0.0459 e. The Kier molecular flexibility index (Phi) is 5.08. The van der Waals surface area contributed by atoms with Gasteiger partial charge in [0.15, 0.2) is 0 Å². The van der Waals surface area contributed by atoms with Gasteiger partial charge in [-0.05, 0) is 51.1 Å². The maximum atomic E-state index is 6.37. The molecule has 0 radical (unpaired) electrons. The summed E-state index contributed by atoms with van der Waals surface area (Å²) in [5, 5.41) is 0.840. The zero-order valence-electron chi connectivity index (χ0n) is 11.9. The second-order valence-corrected chi connectivity index (χ2v) is 6.01. The normalized spacial score (nSPS) is 19.3. The molecule has 0 amide bonds. The first-order valence-corrected chi connectivity index (χ1v) is 7.41. The molecule has 1 aliphatic rings. The summed E-state index contributed by atoms with van der Waals surface area (Å²) in [6.07, 6.45) is 2.04. The van der Waals surface area contributed by atoms with Gasteiger partial charge in [0.25, 0.3) is 0 Å². The number of anilines is 1. The summed E-state index contributed by atoms with van der Waals surface area (Å²) in [4.78, 5) is 4.80. The monoisotopic (exact) mass is 281 g/mol. The van der Waals surface area contributed by atoms with E-state index in [2.05, 4.69) is 35.0 Å². The van der Waals surface area contributed by atoms with Gasteiger partial charge < -0.3 is 15.5 Å². The van der Waals surface area contributed by atoms with Gasteiger partial charge in [-0.3, -0.25) is 0 Å². The molecular weight excluding hydrogens is 258 g/mol. The molecule has 1 aromatic rings. The van der Waals surface area contributed by atoms with Crippen molar-refractivity contribution in [3.63, 3.8) is 0 Å². The summed E-state index contributed by atoms with van der Waals surface area (Å²) in [5.41, 5.74) is 8.21. The summed E-state index contributed by atoms with van der Waals surface area (Å²) in [5.74, 6) is 0. The highest BCUT2D eigenvalue weighted by Crippen LogP contribution is 2.25. The van der Waals surface area contributed by atoms with E-state index in [1.807, 2.05) is 6.92 Å². The minimum Gasteiger partial charge on any atom is -0.370 e. The average molecular weight is 282 g/mol. The van der Waals surface area contributed by atoms with Gasteiger partial charge in [0.1, 0.15) is 0 Å². The number of likely N-dealkylation sites (N-methyl/N-ethyl adjacent to an activating group) is 1. The lowest BCUT2D eigenvalue weighted by molar-refractivity contribution is 0.360. The third-order valence-electron chi connectivity index (χ3n) is 3.66. The van der Waals surface area contributed by atoms with Crippen LogP contribution in [0.25, 0.3) is 0 Å². The first-order valence-electron chi connectivity index (χ1n) is 7.04. The lowest BCUT2D eigenvalue weighted by Crippen LogP contribution is -2.28. The molecule has 0 saturated carbocycles. The third kappa shape index (κ3) is 4.10. The second kappa shape index (κ2) is 6.60. The van der Waals surface area contributed by atoms with Crippen molar-refractivity contribution in [1.82, 2.24) is 4.90 Å². The van der Waals surface area contributed by atoms with E-state index in [1.54, 1.807) is 0 Å². The molecule has 2 N–H and O–H groups in total. The van der Waals surface area contributed by atoms with Crippen molar-refractivity contribution < 1.29 is 0 Å². The van der Waals surface area contributed by atoms with Crippen molar-refractivity contribution >= 4 is 17.3 Å². The molecule has 1 heterocycles. The Hall–Kier alpha value is -0.770. The fourth-order valence-corrected chi connectivity index (χ4v) is 2.80. The molecule has 1 saturated heterocycles. The van der Waals surface area contributed by atoms with Crippen LogP contribution in [-0.2, 0) is 6.42 Å². The van der Waals surface area contributed by atoms with Gasteiger partial charge >= 0.3 is 0 Å². The maximum absolute atomic E-state index is 6.37.